The average Bonchev–Trinajstić information content (AvgIpc) is 3.21. The maximum Gasteiger partial charge on any atom is 0.330 e. The normalized spacial score (nSPS) is 11.1. The maximum absolute atomic E-state index is 13.3. The van der Waals surface area contributed by atoms with Gasteiger partial charge >= 0.3 is 5.69 Å². The van der Waals surface area contributed by atoms with Crippen LogP contribution in [0.1, 0.15) is 39.3 Å². The van der Waals surface area contributed by atoms with Gasteiger partial charge in [0.15, 0.2) is 5.69 Å². The molecule has 3 aromatic rings. The number of nitrogens with two attached hydrogens (primary N) is 1. The number of amides is 1. The lowest BCUT2D eigenvalue weighted by molar-refractivity contribution is -0.118. The van der Waals surface area contributed by atoms with E-state index in [1.165, 1.54) is 20.8 Å². The zero-order valence-electron chi connectivity index (χ0n) is 18.5. The van der Waals surface area contributed by atoms with Gasteiger partial charge in [-0.05, 0) is 24.5 Å². The van der Waals surface area contributed by atoms with Crippen LogP contribution < -0.4 is 21.9 Å². The predicted molar refractivity (Wildman–Crippen MR) is 127 cm³/mol. The fourth-order valence-corrected chi connectivity index (χ4v) is 4.13. The lowest BCUT2D eigenvalue weighted by atomic mass is 10.1. The largest absolute Gasteiger partial charge is 0.383 e. The molecule has 32 heavy (non-hydrogen) atoms. The van der Waals surface area contributed by atoms with Gasteiger partial charge in [0.1, 0.15) is 10.8 Å². The summed E-state index contributed by atoms with van der Waals surface area (Å²) in [5, 5.41) is 2.59. The van der Waals surface area contributed by atoms with Crippen molar-refractivity contribution in [1.29, 1.82) is 0 Å². The van der Waals surface area contributed by atoms with E-state index in [0.717, 1.165) is 23.4 Å². The summed E-state index contributed by atoms with van der Waals surface area (Å²) in [5.41, 5.74) is 6.50. The van der Waals surface area contributed by atoms with Crippen molar-refractivity contribution in [2.75, 3.05) is 17.2 Å². The number of thiazole rings is 1. The van der Waals surface area contributed by atoms with E-state index in [9.17, 15) is 14.4 Å². The van der Waals surface area contributed by atoms with Crippen molar-refractivity contribution in [2.45, 2.75) is 46.6 Å². The molecule has 0 unspecified atom stereocenters. The first-order chi connectivity index (χ1) is 15.3. The number of hydrogen-bond donors (Lipinski definition) is 2. The molecule has 0 saturated heterocycles. The van der Waals surface area contributed by atoms with Crippen LogP contribution in [-0.2, 0) is 17.8 Å². The quantitative estimate of drug-likeness (QED) is 0.510. The van der Waals surface area contributed by atoms with Gasteiger partial charge in [-0.1, -0.05) is 27.2 Å². The minimum absolute atomic E-state index is 0.00975. The van der Waals surface area contributed by atoms with Gasteiger partial charge < -0.3 is 10.6 Å². The van der Waals surface area contributed by atoms with Crippen LogP contribution in [0.5, 0.6) is 0 Å². The van der Waals surface area contributed by atoms with Crippen molar-refractivity contribution >= 4 is 28.7 Å². The molecular formula is C22H28N6O3S. The Hall–Kier alpha value is -3.27. The third-order valence-electron chi connectivity index (χ3n) is 4.86. The summed E-state index contributed by atoms with van der Waals surface area (Å²) in [4.78, 5) is 50.6. The van der Waals surface area contributed by atoms with Crippen LogP contribution in [0.4, 0.5) is 11.5 Å². The van der Waals surface area contributed by atoms with Gasteiger partial charge in [-0.3, -0.25) is 24.1 Å². The highest BCUT2D eigenvalue weighted by Crippen LogP contribution is 2.24. The van der Waals surface area contributed by atoms with Crippen molar-refractivity contribution in [3.63, 3.8) is 0 Å². The summed E-state index contributed by atoms with van der Waals surface area (Å²) in [5.74, 6) is -0.217. The first kappa shape index (κ1) is 23.4. The number of nitrogens with one attached hydrogen (secondary N) is 1. The van der Waals surface area contributed by atoms with Crippen LogP contribution in [0, 0.1) is 5.92 Å². The van der Waals surface area contributed by atoms with Crippen LogP contribution in [0.3, 0.4) is 0 Å². The number of anilines is 2. The SMILES string of the molecule is CCCCn1c(N)c(N(CC(C)C)C(=O)Cc2csc(-c3cccnc3)n2)c(=O)[nH]c1=O. The third-order valence-corrected chi connectivity index (χ3v) is 5.80. The van der Waals surface area contributed by atoms with Gasteiger partial charge in [0.2, 0.25) is 5.91 Å². The van der Waals surface area contributed by atoms with Gasteiger partial charge in [-0.15, -0.1) is 11.3 Å². The maximum atomic E-state index is 13.3. The standard InChI is InChI=1S/C22H28N6O3S/c1-4-5-9-27-19(23)18(20(30)26-22(27)31)28(12-14(2)3)17(29)10-16-13-32-21(25-16)15-7-6-8-24-11-15/h6-8,11,13-14H,4-5,9-10,12,23H2,1-3H3,(H,26,30,31). The Labute approximate surface area is 190 Å². The van der Waals surface area contributed by atoms with Gasteiger partial charge in [-0.25, -0.2) is 9.78 Å². The van der Waals surface area contributed by atoms with Crippen LogP contribution in [0.25, 0.3) is 10.6 Å². The monoisotopic (exact) mass is 456 g/mol. The van der Waals surface area contributed by atoms with Crippen molar-refractivity contribution in [3.05, 3.63) is 56.4 Å². The van der Waals surface area contributed by atoms with Gasteiger partial charge in [-0.2, -0.15) is 0 Å². The van der Waals surface area contributed by atoms with E-state index in [4.69, 9.17) is 5.73 Å². The highest BCUT2D eigenvalue weighted by Gasteiger charge is 2.25. The zero-order valence-corrected chi connectivity index (χ0v) is 19.3. The highest BCUT2D eigenvalue weighted by atomic mass is 32.1. The number of aromatic amines is 1. The smallest absolute Gasteiger partial charge is 0.330 e. The summed E-state index contributed by atoms with van der Waals surface area (Å²) < 4.78 is 1.32. The molecule has 3 rings (SSSR count). The molecular weight excluding hydrogens is 428 g/mol. The number of nitrogen functional groups attached to an aromatic ring is 1. The Kier molecular flexibility index (Phi) is 7.57. The van der Waals surface area contributed by atoms with Crippen LogP contribution in [-0.4, -0.2) is 32.0 Å². The van der Waals surface area contributed by atoms with E-state index in [0.29, 0.717) is 12.2 Å². The Morgan fingerprint density at radius 3 is 2.78 bits per heavy atom. The molecule has 3 N–H and O–H groups in total. The Balaban J connectivity index is 1.94. The molecule has 0 saturated carbocycles. The molecule has 170 valence electrons. The van der Waals surface area contributed by atoms with Crippen molar-refractivity contribution in [2.24, 2.45) is 5.92 Å². The van der Waals surface area contributed by atoms with E-state index >= 15 is 0 Å². The van der Waals surface area contributed by atoms with E-state index in [-0.39, 0.29) is 36.3 Å². The van der Waals surface area contributed by atoms with E-state index < -0.39 is 11.2 Å². The lowest BCUT2D eigenvalue weighted by Gasteiger charge is -2.26. The Morgan fingerprint density at radius 1 is 1.34 bits per heavy atom. The molecule has 0 spiro atoms. The number of nitrogens with zero attached hydrogens (tertiary/aromatic N) is 4. The molecule has 3 heterocycles. The number of H-pyrrole nitrogens is 1. The van der Waals surface area contributed by atoms with Crippen molar-refractivity contribution < 1.29 is 4.79 Å². The molecule has 1 amide bonds. The third kappa shape index (κ3) is 5.31. The topological polar surface area (TPSA) is 127 Å². The molecule has 0 fully saturated rings. The van der Waals surface area contributed by atoms with E-state index in [2.05, 4.69) is 15.0 Å². The zero-order chi connectivity index (χ0) is 23.3. The number of aromatic nitrogens is 4. The average molecular weight is 457 g/mol. The molecule has 10 heteroatoms. The molecule has 0 aliphatic rings. The number of unbranched alkanes of at least 4 members (excludes halogenated alkanes) is 1. The van der Waals surface area contributed by atoms with Crippen molar-refractivity contribution in [1.82, 2.24) is 19.5 Å². The summed E-state index contributed by atoms with van der Waals surface area (Å²) in [6.45, 7) is 6.55. The second-order valence-electron chi connectivity index (χ2n) is 7.96. The minimum atomic E-state index is -0.663. The second kappa shape index (κ2) is 10.4. The lowest BCUT2D eigenvalue weighted by Crippen LogP contribution is -2.43. The number of hydrogen-bond acceptors (Lipinski definition) is 7. The molecule has 0 aromatic carbocycles. The first-order valence-electron chi connectivity index (χ1n) is 10.6. The van der Waals surface area contributed by atoms with Crippen LogP contribution in [0.2, 0.25) is 0 Å². The fraction of sp³-hybridized carbons (Fsp3) is 0.409. The van der Waals surface area contributed by atoms with Gasteiger partial charge in [0.05, 0.1) is 12.1 Å². The van der Waals surface area contributed by atoms with Gasteiger partial charge in [0.25, 0.3) is 5.56 Å². The number of rotatable bonds is 9. The van der Waals surface area contributed by atoms with Crippen molar-refractivity contribution in [3.8, 4) is 10.6 Å². The Morgan fingerprint density at radius 2 is 2.12 bits per heavy atom. The summed E-state index contributed by atoms with van der Waals surface area (Å²) in [7, 11) is 0. The number of pyridine rings is 1. The predicted octanol–water partition coefficient (Wildman–Crippen LogP) is 2.67. The molecule has 0 aliphatic heterocycles. The van der Waals surface area contributed by atoms with Crippen LogP contribution in [0.15, 0.2) is 39.5 Å². The van der Waals surface area contributed by atoms with Crippen LogP contribution >= 0.6 is 11.3 Å². The molecule has 0 atom stereocenters. The summed E-state index contributed by atoms with van der Waals surface area (Å²) in [6, 6.07) is 3.73. The second-order valence-corrected chi connectivity index (χ2v) is 8.82. The number of carbonyl (C=O) groups is 1. The van der Waals surface area contributed by atoms with E-state index in [1.807, 2.05) is 38.3 Å². The number of carbonyl (C=O) groups excluding carboxylic acids is 1. The van der Waals surface area contributed by atoms with E-state index in [1.54, 1.807) is 12.4 Å². The molecule has 0 radical (unpaired) electrons. The molecule has 0 aliphatic carbocycles. The molecule has 9 nitrogen and oxygen atoms in total. The molecule has 3 aromatic heterocycles. The fourth-order valence-electron chi connectivity index (χ4n) is 3.32. The summed E-state index contributed by atoms with van der Waals surface area (Å²) >= 11 is 1.43. The first-order valence-corrected chi connectivity index (χ1v) is 11.5. The minimum Gasteiger partial charge on any atom is -0.383 e. The summed E-state index contributed by atoms with van der Waals surface area (Å²) in [6.07, 6.45) is 5.00. The highest BCUT2D eigenvalue weighted by molar-refractivity contribution is 7.13. The van der Waals surface area contributed by atoms with Gasteiger partial charge in [0, 0.05) is 36.4 Å². The Bertz CT molecular complexity index is 1180. The molecule has 0 bridgehead atoms.